The van der Waals surface area contributed by atoms with Crippen LogP contribution >= 0.6 is 11.6 Å². The first-order chi connectivity index (χ1) is 20.7. The molecule has 0 unspecified atom stereocenters. The van der Waals surface area contributed by atoms with Crippen LogP contribution in [0.1, 0.15) is 0 Å². The molecule has 0 atom stereocenters. The summed E-state index contributed by atoms with van der Waals surface area (Å²) in [5.41, 5.74) is 7.92. The van der Waals surface area contributed by atoms with Gasteiger partial charge in [0.1, 0.15) is 11.2 Å². The van der Waals surface area contributed by atoms with Crippen LogP contribution in [0.15, 0.2) is 138 Å². The fourth-order valence-corrected chi connectivity index (χ4v) is 5.89. The van der Waals surface area contributed by atoms with Crippen molar-refractivity contribution in [1.29, 1.82) is 0 Å². The van der Waals surface area contributed by atoms with Gasteiger partial charge in [-0.25, -0.2) is 4.98 Å². The Labute approximate surface area is 246 Å². The highest BCUT2D eigenvalue weighted by molar-refractivity contribution is 6.28. The molecule has 0 saturated carbocycles. The highest BCUT2D eigenvalue weighted by Crippen LogP contribution is 2.37. The summed E-state index contributed by atoms with van der Waals surface area (Å²) in [4.78, 5) is 13.9. The molecule has 8 aromatic rings. The number of benzene rings is 6. The molecule has 4 nitrogen and oxygen atoms in total. The Hall–Kier alpha value is -5.32. The highest BCUT2D eigenvalue weighted by Gasteiger charge is 2.17. The highest BCUT2D eigenvalue weighted by atomic mass is 35.5. The van der Waals surface area contributed by atoms with Crippen LogP contribution in [0.2, 0.25) is 5.28 Å². The third-order valence-electron chi connectivity index (χ3n) is 7.67. The maximum atomic E-state index is 6.49. The van der Waals surface area contributed by atoms with Crippen molar-refractivity contribution in [2.24, 2.45) is 0 Å². The van der Waals surface area contributed by atoms with E-state index in [2.05, 4.69) is 82.8 Å². The monoisotopic (exact) mass is 559 g/mol. The lowest BCUT2D eigenvalue weighted by Crippen LogP contribution is -1.97. The lowest BCUT2D eigenvalue weighted by atomic mass is 9.95. The van der Waals surface area contributed by atoms with Gasteiger partial charge < -0.3 is 4.42 Å². The SMILES string of the molecule is Clc1nc(-c2cccc(-c3ccc4c(-c5ccccc5)cccc4c3)c2)nc(-c2cccc3oc4ccccc4c23)n1. The van der Waals surface area contributed by atoms with Crippen molar-refractivity contribution < 1.29 is 4.42 Å². The molecular formula is C37H22ClN3O. The van der Waals surface area contributed by atoms with Gasteiger partial charge in [-0.15, -0.1) is 0 Å². The fraction of sp³-hybridized carbons (Fsp3) is 0. The Morgan fingerprint density at radius 2 is 1.14 bits per heavy atom. The van der Waals surface area contributed by atoms with Crippen LogP contribution in [-0.2, 0) is 0 Å². The first kappa shape index (κ1) is 24.5. The van der Waals surface area contributed by atoms with E-state index >= 15 is 0 Å². The minimum absolute atomic E-state index is 0.143. The molecule has 0 bridgehead atoms. The van der Waals surface area contributed by atoms with E-state index in [4.69, 9.17) is 21.0 Å². The third kappa shape index (κ3) is 4.21. The van der Waals surface area contributed by atoms with Crippen molar-refractivity contribution in [3.63, 3.8) is 0 Å². The Bertz CT molecular complexity index is 2270. The standard InChI is InChI=1S/C37H22ClN3O/c38-37-40-35(39-36(41-37)31-16-8-18-33-34(31)30-14-4-5-17-32(30)42-33)27-13-6-11-24(22-27)25-19-20-29-26(21-25)12-7-15-28(29)23-9-2-1-3-10-23/h1-22H. The number of halogens is 1. The van der Waals surface area contributed by atoms with Crippen LogP contribution in [0.4, 0.5) is 0 Å². The summed E-state index contributed by atoms with van der Waals surface area (Å²) in [5.74, 6) is 1.02. The van der Waals surface area contributed by atoms with E-state index < -0.39 is 0 Å². The topological polar surface area (TPSA) is 51.8 Å². The van der Waals surface area contributed by atoms with Gasteiger partial charge >= 0.3 is 0 Å². The largest absolute Gasteiger partial charge is 0.456 e. The maximum Gasteiger partial charge on any atom is 0.226 e. The molecule has 0 radical (unpaired) electrons. The molecule has 0 aliphatic heterocycles. The van der Waals surface area contributed by atoms with Gasteiger partial charge in [-0.2, -0.15) is 9.97 Å². The molecule has 0 aliphatic carbocycles. The van der Waals surface area contributed by atoms with Crippen molar-refractivity contribution in [2.45, 2.75) is 0 Å². The van der Waals surface area contributed by atoms with Crippen LogP contribution in [0.5, 0.6) is 0 Å². The van der Waals surface area contributed by atoms with E-state index in [0.717, 1.165) is 44.2 Å². The molecular weight excluding hydrogens is 538 g/mol. The summed E-state index contributed by atoms with van der Waals surface area (Å²) in [6, 6.07) is 45.6. The van der Waals surface area contributed by atoms with E-state index in [1.807, 2.05) is 60.7 Å². The lowest BCUT2D eigenvalue weighted by molar-refractivity contribution is 0.669. The summed E-state index contributed by atoms with van der Waals surface area (Å²) < 4.78 is 6.08. The Morgan fingerprint density at radius 3 is 2.07 bits per heavy atom. The molecule has 198 valence electrons. The maximum absolute atomic E-state index is 6.49. The molecule has 0 saturated heterocycles. The van der Waals surface area contributed by atoms with Gasteiger partial charge in [0.05, 0.1) is 0 Å². The smallest absolute Gasteiger partial charge is 0.226 e. The number of furan rings is 1. The van der Waals surface area contributed by atoms with Crippen LogP contribution in [-0.4, -0.2) is 15.0 Å². The average Bonchev–Trinajstić information content (AvgIpc) is 3.43. The predicted octanol–water partition coefficient (Wildman–Crippen LogP) is 10.2. The molecule has 2 heterocycles. The van der Waals surface area contributed by atoms with E-state index in [1.165, 1.54) is 21.9 Å². The summed E-state index contributed by atoms with van der Waals surface area (Å²) in [6.45, 7) is 0. The van der Waals surface area contributed by atoms with Gasteiger partial charge in [0.15, 0.2) is 11.6 Å². The van der Waals surface area contributed by atoms with Crippen LogP contribution in [0.3, 0.4) is 0 Å². The van der Waals surface area contributed by atoms with E-state index in [9.17, 15) is 0 Å². The van der Waals surface area contributed by atoms with Gasteiger partial charge in [-0.1, -0.05) is 109 Å². The number of para-hydroxylation sites is 1. The number of rotatable bonds is 4. The van der Waals surface area contributed by atoms with Crippen LogP contribution in [0, 0.1) is 0 Å². The first-order valence-corrected chi connectivity index (χ1v) is 14.1. The molecule has 5 heteroatoms. The third-order valence-corrected chi connectivity index (χ3v) is 7.84. The minimum atomic E-state index is 0.143. The predicted molar refractivity (Wildman–Crippen MR) is 171 cm³/mol. The first-order valence-electron chi connectivity index (χ1n) is 13.7. The van der Waals surface area contributed by atoms with Crippen molar-refractivity contribution >= 4 is 44.3 Å². The normalized spacial score (nSPS) is 11.5. The molecule has 2 aromatic heterocycles. The second kappa shape index (κ2) is 9.95. The Kier molecular flexibility index (Phi) is 5.80. The molecule has 42 heavy (non-hydrogen) atoms. The van der Waals surface area contributed by atoms with Crippen molar-refractivity contribution in [1.82, 2.24) is 15.0 Å². The number of fused-ring (bicyclic) bond motifs is 4. The summed E-state index contributed by atoms with van der Waals surface area (Å²) in [7, 11) is 0. The Morgan fingerprint density at radius 1 is 0.452 bits per heavy atom. The molecule has 0 spiro atoms. The number of hydrogen-bond acceptors (Lipinski definition) is 4. The van der Waals surface area contributed by atoms with Gasteiger partial charge in [0.25, 0.3) is 0 Å². The summed E-state index contributed by atoms with van der Waals surface area (Å²) >= 11 is 6.49. The van der Waals surface area contributed by atoms with Crippen LogP contribution in [0.25, 0.3) is 77.7 Å². The van der Waals surface area contributed by atoms with Crippen molar-refractivity contribution in [3.8, 4) is 45.0 Å². The Balaban J connectivity index is 1.21. The van der Waals surface area contributed by atoms with E-state index in [0.29, 0.717) is 11.6 Å². The molecule has 0 amide bonds. The zero-order chi connectivity index (χ0) is 28.0. The van der Waals surface area contributed by atoms with E-state index in [-0.39, 0.29) is 5.28 Å². The fourth-order valence-electron chi connectivity index (χ4n) is 5.73. The molecule has 8 rings (SSSR count). The number of aromatic nitrogens is 3. The molecule has 0 N–H and O–H groups in total. The number of hydrogen-bond donors (Lipinski definition) is 0. The van der Waals surface area contributed by atoms with E-state index in [1.54, 1.807) is 0 Å². The number of nitrogens with zero attached hydrogens (tertiary/aromatic N) is 3. The molecule has 6 aromatic carbocycles. The second-order valence-electron chi connectivity index (χ2n) is 10.2. The second-order valence-corrected chi connectivity index (χ2v) is 10.6. The van der Waals surface area contributed by atoms with Gasteiger partial charge in [0, 0.05) is 21.9 Å². The van der Waals surface area contributed by atoms with Crippen molar-refractivity contribution in [3.05, 3.63) is 139 Å². The molecule has 0 aliphatic rings. The molecule has 0 fully saturated rings. The van der Waals surface area contributed by atoms with Crippen LogP contribution < -0.4 is 0 Å². The van der Waals surface area contributed by atoms with Gasteiger partial charge in [0.2, 0.25) is 5.28 Å². The summed E-state index contributed by atoms with van der Waals surface area (Å²) in [6.07, 6.45) is 0. The zero-order valence-corrected chi connectivity index (χ0v) is 23.1. The zero-order valence-electron chi connectivity index (χ0n) is 22.3. The summed E-state index contributed by atoms with van der Waals surface area (Å²) in [5, 5.41) is 4.52. The minimum Gasteiger partial charge on any atom is -0.456 e. The quantitative estimate of drug-likeness (QED) is 0.215. The van der Waals surface area contributed by atoms with Crippen molar-refractivity contribution in [2.75, 3.05) is 0 Å². The van der Waals surface area contributed by atoms with Gasteiger partial charge in [-0.05, 0) is 68.9 Å². The average molecular weight is 560 g/mol. The van der Waals surface area contributed by atoms with Gasteiger partial charge in [-0.3, -0.25) is 0 Å². The lowest BCUT2D eigenvalue weighted by Gasteiger charge is -2.10.